The van der Waals surface area contributed by atoms with Gasteiger partial charge in [-0.15, -0.1) is 0 Å². The van der Waals surface area contributed by atoms with Crippen molar-refractivity contribution in [2.24, 2.45) is 4.99 Å². The highest BCUT2D eigenvalue weighted by Gasteiger charge is 2.33. The maximum Gasteiger partial charge on any atom is 0.262 e. The highest BCUT2D eigenvalue weighted by Crippen LogP contribution is 2.29. The van der Waals surface area contributed by atoms with Crippen LogP contribution in [0.2, 0.25) is 0 Å². The number of aryl methyl sites for hydroxylation is 1. The zero-order chi connectivity index (χ0) is 23.9. The molecule has 178 valence electrons. The van der Waals surface area contributed by atoms with Crippen molar-refractivity contribution in [2.75, 3.05) is 18.4 Å². The van der Waals surface area contributed by atoms with Crippen LogP contribution < -0.4 is 10.6 Å². The van der Waals surface area contributed by atoms with E-state index >= 15 is 0 Å². The Morgan fingerprint density at radius 2 is 1.79 bits per heavy atom. The number of aliphatic imine (C=N–C) groups is 1. The summed E-state index contributed by atoms with van der Waals surface area (Å²) in [6, 6.07) is 17.0. The SMILES string of the molecule is CC(CCc1ccccc1)NC(=O)c1ccc(NC(=O)CC2SC(N3CCCC3)=NC2=O)cc1. The van der Waals surface area contributed by atoms with Gasteiger partial charge in [-0.05, 0) is 62.4 Å². The summed E-state index contributed by atoms with van der Waals surface area (Å²) in [6.45, 7) is 3.84. The van der Waals surface area contributed by atoms with E-state index in [0.717, 1.165) is 43.9 Å². The molecule has 1 saturated heterocycles. The molecule has 0 bridgehead atoms. The molecule has 4 rings (SSSR count). The predicted molar refractivity (Wildman–Crippen MR) is 136 cm³/mol. The lowest BCUT2D eigenvalue weighted by Gasteiger charge is -2.16. The van der Waals surface area contributed by atoms with Gasteiger partial charge in [-0.2, -0.15) is 4.99 Å². The molecule has 34 heavy (non-hydrogen) atoms. The van der Waals surface area contributed by atoms with Gasteiger partial charge < -0.3 is 15.5 Å². The van der Waals surface area contributed by atoms with Crippen LogP contribution in [0.4, 0.5) is 5.69 Å². The Morgan fingerprint density at radius 1 is 1.09 bits per heavy atom. The number of carbonyl (C=O) groups excluding carboxylic acids is 3. The van der Waals surface area contributed by atoms with Crippen LogP contribution in [0.15, 0.2) is 59.6 Å². The lowest BCUT2D eigenvalue weighted by molar-refractivity contribution is -0.121. The van der Waals surface area contributed by atoms with Crippen molar-refractivity contribution in [3.63, 3.8) is 0 Å². The van der Waals surface area contributed by atoms with E-state index in [-0.39, 0.29) is 30.2 Å². The van der Waals surface area contributed by atoms with Crippen LogP contribution in [0.3, 0.4) is 0 Å². The molecule has 0 radical (unpaired) electrons. The number of amidine groups is 1. The van der Waals surface area contributed by atoms with Gasteiger partial charge in [-0.1, -0.05) is 42.1 Å². The van der Waals surface area contributed by atoms with Crippen molar-refractivity contribution in [3.05, 3.63) is 65.7 Å². The van der Waals surface area contributed by atoms with Crippen molar-refractivity contribution >= 4 is 40.3 Å². The van der Waals surface area contributed by atoms with Crippen molar-refractivity contribution < 1.29 is 14.4 Å². The number of hydrogen-bond donors (Lipinski definition) is 2. The van der Waals surface area contributed by atoms with Gasteiger partial charge in [0.05, 0.1) is 0 Å². The second-order valence-corrected chi connectivity index (χ2v) is 9.93. The second kappa shape index (κ2) is 11.3. The Labute approximate surface area is 204 Å². The monoisotopic (exact) mass is 478 g/mol. The van der Waals surface area contributed by atoms with E-state index in [2.05, 4.69) is 32.7 Å². The summed E-state index contributed by atoms with van der Waals surface area (Å²) in [6.07, 6.45) is 4.05. The number of hydrogen-bond acceptors (Lipinski definition) is 5. The minimum Gasteiger partial charge on any atom is -0.351 e. The molecule has 7 nitrogen and oxygen atoms in total. The summed E-state index contributed by atoms with van der Waals surface area (Å²) in [5.41, 5.74) is 2.38. The zero-order valence-corrected chi connectivity index (χ0v) is 20.1. The molecule has 0 spiro atoms. The maximum absolute atomic E-state index is 12.6. The van der Waals surface area contributed by atoms with Gasteiger partial charge in [-0.3, -0.25) is 14.4 Å². The first kappa shape index (κ1) is 24.0. The normalized spacial score (nSPS) is 18.5. The fourth-order valence-corrected chi connectivity index (χ4v) is 5.16. The number of nitrogens with one attached hydrogen (secondary N) is 2. The molecular formula is C26H30N4O3S. The summed E-state index contributed by atoms with van der Waals surface area (Å²) in [5, 5.41) is 6.11. The average Bonchev–Trinajstić information content (AvgIpc) is 3.49. The first-order chi connectivity index (χ1) is 16.5. The lowest BCUT2D eigenvalue weighted by atomic mass is 10.1. The third-order valence-electron chi connectivity index (χ3n) is 5.99. The number of benzene rings is 2. The van der Waals surface area contributed by atoms with E-state index in [0.29, 0.717) is 11.3 Å². The van der Waals surface area contributed by atoms with Gasteiger partial charge in [0.1, 0.15) is 5.25 Å². The van der Waals surface area contributed by atoms with Crippen molar-refractivity contribution in [1.82, 2.24) is 10.2 Å². The Kier molecular flexibility index (Phi) is 8.00. The average molecular weight is 479 g/mol. The van der Waals surface area contributed by atoms with Gasteiger partial charge >= 0.3 is 0 Å². The van der Waals surface area contributed by atoms with E-state index in [1.165, 1.54) is 17.3 Å². The standard InChI is InChI=1S/C26H30N4O3S/c1-18(9-10-19-7-3-2-4-8-19)27-24(32)20-11-13-21(14-12-20)28-23(31)17-22-25(33)29-26(34-22)30-15-5-6-16-30/h2-4,7-8,11-14,18,22H,5-6,9-10,15-17H2,1H3,(H,27,32)(H,28,31). The van der Waals surface area contributed by atoms with Crippen LogP contribution in [0, 0.1) is 0 Å². The summed E-state index contributed by atoms with van der Waals surface area (Å²) in [5.74, 6) is -0.621. The molecule has 1 fully saturated rings. The largest absolute Gasteiger partial charge is 0.351 e. The molecule has 2 heterocycles. The second-order valence-electron chi connectivity index (χ2n) is 8.76. The molecule has 0 aliphatic carbocycles. The molecule has 2 aliphatic heterocycles. The highest BCUT2D eigenvalue weighted by molar-refractivity contribution is 8.15. The number of rotatable bonds is 8. The lowest BCUT2D eigenvalue weighted by Crippen LogP contribution is -2.32. The molecule has 8 heteroatoms. The summed E-state index contributed by atoms with van der Waals surface area (Å²) in [7, 11) is 0. The summed E-state index contributed by atoms with van der Waals surface area (Å²) in [4.78, 5) is 43.5. The van der Waals surface area contributed by atoms with Gasteiger partial charge in [-0.25, -0.2) is 0 Å². The quantitative estimate of drug-likeness (QED) is 0.601. The summed E-state index contributed by atoms with van der Waals surface area (Å²) < 4.78 is 0. The Hall–Kier alpha value is -3.13. The van der Waals surface area contributed by atoms with Gasteiger partial charge in [0.15, 0.2) is 5.17 Å². The third-order valence-corrected chi connectivity index (χ3v) is 7.21. The van der Waals surface area contributed by atoms with Crippen LogP contribution in [-0.4, -0.2) is 52.2 Å². The number of likely N-dealkylation sites (tertiary alicyclic amines) is 1. The van der Waals surface area contributed by atoms with Crippen LogP contribution in [-0.2, 0) is 16.0 Å². The van der Waals surface area contributed by atoms with E-state index in [1.807, 2.05) is 25.1 Å². The smallest absolute Gasteiger partial charge is 0.262 e. The molecule has 0 aromatic heterocycles. The molecule has 2 aromatic carbocycles. The number of carbonyl (C=O) groups is 3. The topological polar surface area (TPSA) is 90.9 Å². The molecule has 0 saturated carbocycles. The van der Waals surface area contributed by atoms with Gasteiger partial charge in [0, 0.05) is 36.8 Å². The molecule has 2 atom stereocenters. The van der Waals surface area contributed by atoms with E-state index in [9.17, 15) is 14.4 Å². The zero-order valence-electron chi connectivity index (χ0n) is 19.3. The van der Waals surface area contributed by atoms with Gasteiger partial charge in [0.25, 0.3) is 11.8 Å². The fraction of sp³-hybridized carbons (Fsp3) is 0.385. The maximum atomic E-state index is 12.6. The van der Waals surface area contributed by atoms with Crippen LogP contribution in [0.25, 0.3) is 0 Å². The Bertz CT molecular complexity index is 1050. The Balaban J connectivity index is 1.22. The molecular weight excluding hydrogens is 448 g/mol. The molecule has 2 N–H and O–H groups in total. The van der Waals surface area contributed by atoms with Crippen molar-refractivity contribution in [1.29, 1.82) is 0 Å². The van der Waals surface area contributed by atoms with Crippen molar-refractivity contribution in [3.8, 4) is 0 Å². The minimum atomic E-state index is -0.474. The van der Waals surface area contributed by atoms with E-state index in [1.54, 1.807) is 24.3 Å². The van der Waals surface area contributed by atoms with Crippen molar-refractivity contribution in [2.45, 2.75) is 50.3 Å². The number of thioether (sulfide) groups is 1. The van der Waals surface area contributed by atoms with E-state index in [4.69, 9.17) is 0 Å². The van der Waals surface area contributed by atoms with E-state index < -0.39 is 5.25 Å². The van der Waals surface area contributed by atoms with Crippen LogP contribution in [0.1, 0.15) is 48.5 Å². The number of amides is 3. The van der Waals surface area contributed by atoms with Crippen LogP contribution in [0.5, 0.6) is 0 Å². The first-order valence-electron chi connectivity index (χ1n) is 11.8. The first-order valence-corrected chi connectivity index (χ1v) is 12.6. The minimum absolute atomic E-state index is 0.0428. The fourth-order valence-electron chi connectivity index (χ4n) is 4.05. The molecule has 3 amide bonds. The highest BCUT2D eigenvalue weighted by atomic mass is 32.2. The molecule has 2 unspecified atom stereocenters. The van der Waals surface area contributed by atoms with Crippen LogP contribution >= 0.6 is 11.8 Å². The number of anilines is 1. The van der Waals surface area contributed by atoms with Gasteiger partial charge in [0.2, 0.25) is 5.91 Å². The molecule has 2 aliphatic rings. The summed E-state index contributed by atoms with van der Waals surface area (Å²) >= 11 is 1.38. The third kappa shape index (κ3) is 6.47. The molecule has 2 aromatic rings. The predicted octanol–water partition coefficient (Wildman–Crippen LogP) is 3.86. The number of nitrogens with zero attached hydrogens (tertiary/aromatic N) is 2. The Morgan fingerprint density at radius 3 is 2.50 bits per heavy atom.